The van der Waals surface area contributed by atoms with Crippen molar-refractivity contribution in [3.05, 3.63) is 17.5 Å². The van der Waals surface area contributed by atoms with E-state index >= 15 is 0 Å². The molecular weight excluding hydrogens is 302 g/mol. The summed E-state index contributed by atoms with van der Waals surface area (Å²) in [6, 6.07) is 2.23. The molecule has 24 heavy (non-hydrogen) atoms. The van der Waals surface area contributed by atoms with Crippen LogP contribution in [0.15, 0.2) is 6.07 Å². The third kappa shape index (κ3) is 3.49. The van der Waals surface area contributed by atoms with Crippen molar-refractivity contribution in [3.63, 3.8) is 0 Å². The zero-order valence-electron chi connectivity index (χ0n) is 14.5. The first-order valence-corrected chi connectivity index (χ1v) is 9.57. The predicted molar refractivity (Wildman–Crippen MR) is 92.4 cm³/mol. The molecule has 1 aliphatic carbocycles. The molecule has 2 aliphatic heterocycles. The van der Waals surface area contributed by atoms with E-state index in [1.807, 2.05) is 0 Å². The van der Waals surface area contributed by atoms with Gasteiger partial charge in [-0.1, -0.05) is 19.3 Å². The molecule has 0 bridgehead atoms. The molecule has 1 aromatic heterocycles. The van der Waals surface area contributed by atoms with E-state index in [-0.39, 0.29) is 0 Å². The lowest BCUT2D eigenvalue weighted by Crippen LogP contribution is -2.50. The van der Waals surface area contributed by atoms with Gasteiger partial charge < -0.3 is 10.2 Å². The standard InChI is InChI=1S/C18H29N5O/c24-18(15-4-2-1-3-5-15)22-10-8-21(9-11-22)14-16-12-17-13-19-6-7-23(17)20-16/h12,15,19H,1-11,13-14H2. The Bertz CT molecular complexity index is 546. The van der Waals surface area contributed by atoms with Crippen molar-refractivity contribution in [1.29, 1.82) is 0 Å². The Labute approximate surface area is 144 Å². The molecule has 1 amide bonds. The van der Waals surface area contributed by atoms with Crippen molar-refractivity contribution in [2.24, 2.45) is 5.92 Å². The molecule has 1 saturated carbocycles. The second-order valence-electron chi connectivity index (χ2n) is 7.46. The van der Waals surface area contributed by atoms with Crippen LogP contribution in [0.4, 0.5) is 0 Å². The van der Waals surface area contributed by atoms with Crippen molar-refractivity contribution >= 4 is 5.91 Å². The zero-order chi connectivity index (χ0) is 16.4. The summed E-state index contributed by atoms with van der Waals surface area (Å²) >= 11 is 0. The first-order chi connectivity index (χ1) is 11.8. The quantitative estimate of drug-likeness (QED) is 0.905. The minimum Gasteiger partial charge on any atom is -0.340 e. The van der Waals surface area contributed by atoms with Crippen molar-refractivity contribution < 1.29 is 4.79 Å². The maximum atomic E-state index is 12.6. The van der Waals surface area contributed by atoms with E-state index in [0.29, 0.717) is 11.8 Å². The van der Waals surface area contributed by atoms with Crippen molar-refractivity contribution in [2.75, 3.05) is 32.7 Å². The second-order valence-corrected chi connectivity index (χ2v) is 7.46. The number of hydrogen-bond acceptors (Lipinski definition) is 4. The highest BCUT2D eigenvalue weighted by Crippen LogP contribution is 2.26. The molecule has 4 rings (SSSR count). The maximum Gasteiger partial charge on any atom is 0.225 e. The van der Waals surface area contributed by atoms with Crippen molar-refractivity contribution in [3.8, 4) is 0 Å². The van der Waals surface area contributed by atoms with Gasteiger partial charge >= 0.3 is 0 Å². The molecule has 3 aliphatic rings. The summed E-state index contributed by atoms with van der Waals surface area (Å²) in [5, 5.41) is 8.12. The Morgan fingerprint density at radius 1 is 1.12 bits per heavy atom. The number of nitrogens with zero attached hydrogens (tertiary/aromatic N) is 4. The Balaban J connectivity index is 1.28. The Hall–Kier alpha value is -1.40. The monoisotopic (exact) mass is 331 g/mol. The van der Waals surface area contributed by atoms with Crippen LogP contribution in [0, 0.1) is 5.92 Å². The summed E-state index contributed by atoms with van der Waals surface area (Å²) in [7, 11) is 0. The molecule has 0 radical (unpaired) electrons. The second kappa shape index (κ2) is 7.23. The van der Waals surface area contributed by atoms with Gasteiger partial charge in [-0.2, -0.15) is 5.10 Å². The summed E-state index contributed by atoms with van der Waals surface area (Å²) < 4.78 is 2.13. The van der Waals surface area contributed by atoms with Crippen molar-refractivity contribution in [2.45, 2.75) is 51.7 Å². The highest BCUT2D eigenvalue weighted by atomic mass is 16.2. The Kier molecular flexibility index (Phi) is 4.85. The molecule has 1 N–H and O–H groups in total. The maximum absolute atomic E-state index is 12.6. The average molecular weight is 331 g/mol. The SMILES string of the molecule is O=C(C1CCCCC1)N1CCN(Cc2cc3n(n2)CCNC3)CC1. The van der Waals surface area contributed by atoms with E-state index in [0.717, 1.165) is 65.2 Å². The van der Waals surface area contributed by atoms with Crippen LogP contribution in [0.2, 0.25) is 0 Å². The predicted octanol–water partition coefficient (Wildman–Crippen LogP) is 1.21. The fourth-order valence-corrected chi connectivity index (χ4v) is 4.29. The molecule has 3 heterocycles. The van der Waals surface area contributed by atoms with Gasteiger partial charge in [0, 0.05) is 51.7 Å². The number of aromatic nitrogens is 2. The van der Waals surface area contributed by atoms with Gasteiger partial charge in [-0.05, 0) is 18.9 Å². The molecule has 1 aromatic rings. The van der Waals surface area contributed by atoms with Crippen LogP contribution in [-0.2, 0) is 24.4 Å². The molecule has 6 nitrogen and oxygen atoms in total. The van der Waals surface area contributed by atoms with E-state index in [1.54, 1.807) is 0 Å². The number of fused-ring (bicyclic) bond motifs is 1. The summed E-state index contributed by atoms with van der Waals surface area (Å²) in [5.74, 6) is 0.718. The number of piperazine rings is 1. The lowest BCUT2D eigenvalue weighted by atomic mass is 9.88. The van der Waals surface area contributed by atoms with Gasteiger partial charge in [0.1, 0.15) is 0 Å². The van der Waals surface area contributed by atoms with Gasteiger partial charge in [-0.15, -0.1) is 0 Å². The summed E-state index contributed by atoms with van der Waals surface area (Å²) in [4.78, 5) is 17.2. The van der Waals surface area contributed by atoms with Crippen LogP contribution in [0.5, 0.6) is 0 Å². The Morgan fingerprint density at radius 2 is 1.92 bits per heavy atom. The largest absolute Gasteiger partial charge is 0.340 e. The highest BCUT2D eigenvalue weighted by Gasteiger charge is 2.28. The molecule has 0 unspecified atom stereocenters. The van der Waals surface area contributed by atoms with Gasteiger partial charge in [0.2, 0.25) is 5.91 Å². The highest BCUT2D eigenvalue weighted by molar-refractivity contribution is 5.79. The molecule has 0 atom stereocenters. The fraction of sp³-hybridized carbons (Fsp3) is 0.778. The number of carbonyl (C=O) groups is 1. The van der Waals surface area contributed by atoms with E-state index in [9.17, 15) is 4.79 Å². The number of rotatable bonds is 3. The van der Waals surface area contributed by atoms with Crippen LogP contribution in [0.3, 0.4) is 0 Å². The summed E-state index contributed by atoms with van der Waals surface area (Å²) in [5.41, 5.74) is 2.46. The fourth-order valence-electron chi connectivity index (χ4n) is 4.29. The number of carbonyl (C=O) groups excluding carboxylic acids is 1. The molecule has 2 fully saturated rings. The van der Waals surface area contributed by atoms with Gasteiger partial charge in [0.05, 0.1) is 17.9 Å². The Morgan fingerprint density at radius 3 is 2.67 bits per heavy atom. The first-order valence-electron chi connectivity index (χ1n) is 9.57. The van der Waals surface area contributed by atoms with Gasteiger partial charge in [0.15, 0.2) is 0 Å². The minimum atomic E-state index is 0.303. The number of hydrogen-bond donors (Lipinski definition) is 1. The van der Waals surface area contributed by atoms with Crippen LogP contribution in [-0.4, -0.2) is 58.2 Å². The smallest absolute Gasteiger partial charge is 0.225 e. The molecule has 0 aromatic carbocycles. The van der Waals surface area contributed by atoms with Crippen LogP contribution < -0.4 is 5.32 Å². The van der Waals surface area contributed by atoms with Crippen molar-refractivity contribution in [1.82, 2.24) is 24.9 Å². The molecule has 132 valence electrons. The molecule has 1 saturated heterocycles. The van der Waals surface area contributed by atoms with E-state index < -0.39 is 0 Å². The normalized spacial score (nSPS) is 23.2. The van der Waals surface area contributed by atoms with E-state index in [4.69, 9.17) is 5.10 Å². The van der Waals surface area contributed by atoms with Crippen LogP contribution in [0.25, 0.3) is 0 Å². The molecule has 6 heteroatoms. The third-order valence-corrected chi connectivity index (χ3v) is 5.74. The van der Waals surface area contributed by atoms with Crippen LogP contribution in [0.1, 0.15) is 43.5 Å². The topological polar surface area (TPSA) is 53.4 Å². The third-order valence-electron chi connectivity index (χ3n) is 5.74. The van der Waals surface area contributed by atoms with Gasteiger partial charge in [0.25, 0.3) is 0 Å². The summed E-state index contributed by atoms with van der Waals surface area (Å²) in [6.45, 7) is 7.52. The average Bonchev–Trinajstić information content (AvgIpc) is 3.05. The van der Waals surface area contributed by atoms with E-state index in [1.165, 1.54) is 30.7 Å². The number of nitrogens with one attached hydrogen (secondary N) is 1. The van der Waals surface area contributed by atoms with Gasteiger partial charge in [-0.25, -0.2) is 0 Å². The van der Waals surface area contributed by atoms with E-state index in [2.05, 4.69) is 25.9 Å². The first kappa shape index (κ1) is 16.1. The van der Waals surface area contributed by atoms with Crippen LogP contribution >= 0.6 is 0 Å². The zero-order valence-corrected chi connectivity index (χ0v) is 14.5. The van der Waals surface area contributed by atoms with Gasteiger partial charge in [-0.3, -0.25) is 14.4 Å². The number of amides is 1. The lowest BCUT2D eigenvalue weighted by Gasteiger charge is -2.36. The summed E-state index contributed by atoms with van der Waals surface area (Å²) in [6.07, 6.45) is 5.98. The molecule has 0 spiro atoms. The molecular formula is C18H29N5O. The minimum absolute atomic E-state index is 0.303. The lowest BCUT2D eigenvalue weighted by molar-refractivity contribution is -0.138.